The van der Waals surface area contributed by atoms with E-state index in [2.05, 4.69) is 34.5 Å². The van der Waals surface area contributed by atoms with Crippen LogP contribution in [0.3, 0.4) is 0 Å². The number of nitro groups is 1. The molecule has 0 radical (unpaired) electrons. The van der Waals surface area contributed by atoms with Crippen LogP contribution < -0.4 is 11.1 Å². The number of likely N-dealkylation sites (tertiary alicyclic amines) is 1. The molecule has 11 heteroatoms. The van der Waals surface area contributed by atoms with Crippen LogP contribution in [0, 0.1) is 10.1 Å². The van der Waals surface area contributed by atoms with Crippen molar-refractivity contribution in [1.29, 1.82) is 0 Å². The number of carbonyl (C=O) groups excluding carboxylic acids is 2. The highest BCUT2D eigenvalue weighted by Crippen LogP contribution is 2.40. The largest absolute Gasteiger partial charge is 0.460 e. The summed E-state index contributed by atoms with van der Waals surface area (Å²) in [6.07, 6.45) is -0.855. The first-order chi connectivity index (χ1) is 20.6. The van der Waals surface area contributed by atoms with E-state index in [9.17, 15) is 19.7 Å². The molecule has 230 valence electrons. The number of nitrogens with two attached hydrogens (primary N) is 1. The summed E-state index contributed by atoms with van der Waals surface area (Å²) in [6.45, 7) is 6.05. The van der Waals surface area contributed by atoms with Gasteiger partial charge in [-0.05, 0) is 37.5 Å². The van der Waals surface area contributed by atoms with Crippen molar-refractivity contribution in [3.8, 4) is 0 Å². The van der Waals surface area contributed by atoms with Crippen molar-refractivity contribution in [3.63, 3.8) is 0 Å². The minimum absolute atomic E-state index is 0. The number of ether oxygens (including phenoxy) is 2. The van der Waals surface area contributed by atoms with Crippen LogP contribution >= 0.6 is 12.4 Å². The van der Waals surface area contributed by atoms with Gasteiger partial charge < -0.3 is 20.5 Å². The molecule has 2 heterocycles. The third kappa shape index (κ3) is 6.77. The summed E-state index contributed by atoms with van der Waals surface area (Å²) in [5, 5.41) is 14.5. The summed E-state index contributed by atoms with van der Waals surface area (Å²) in [4.78, 5) is 40.4. The van der Waals surface area contributed by atoms with Gasteiger partial charge in [-0.1, -0.05) is 72.8 Å². The van der Waals surface area contributed by atoms with Gasteiger partial charge in [0.1, 0.15) is 11.9 Å². The van der Waals surface area contributed by atoms with Gasteiger partial charge in [0.15, 0.2) is 0 Å². The van der Waals surface area contributed by atoms with Gasteiger partial charge in [0, 0.05) is 30.9 Å². The molecule has 1 unspecified atom stereocenters. The molecule has 1 saturated heterocycles. The van der Waals surface area contributed by atoms with E-state index in [-0.39, 0.29) is 41.1 Å². The van der Waals surface area contributed by atoms with Crippen LogP contribution in [0.4, 0.5) is 5.69 Å². The van der Waals surface area contributed by atoms with E-state index in [1.165, 1.54) is 18.2 Å². The fourth-order valence-corrected chi connectivity index (χ4v) is 5.64. The summed E-state index contributed by atoms with van der Waals surface area (Å²) < 4.78 is 11.5. The van der Waals surface area contributed by atoms with Crippen LogP contribution in [0.5, 0.6) is 0 Å². The lowest BCUT2D eigenvalue weighted by Crippen LogP contribution is -2.54. The molecule has 10 nitrogen and oxygen atoms in total. The fraction of sp³-hybridized carbons (Fsp3) is 0.273. The molecule has 1 atom stereocenters. The summed E-state index contributed by atoms with van der Waals surface area (Å²) in [5.74, 6) is -2.37. The number of rotatable bonds is 9. The van der Waals surface area contributed by atoms with Gasteiger partial charge in [0.25, 0.3) is 5.69 Å². The summed E-state index contributed by atoms with van der Waals surface area (Å²) in [5.41, 5.74) is 9.31. The number of nitro benzene ring substituents is 1. The van der Waals surface area contributed by atoms with Crippen molar-refractivity contribution >= 4 is 30.0 Å². The van der Waals surface area contributed by atoms with Gasteiger partial charge in [-0.15, -0.1) is 12.4 Å². The van der Waals surface area contributed by atoms with Crippen LogP contribution in [0.1, 0.15) is 49.4 Å². The minimum Gasteiger partial charge on any atom is -0.460 e. The molecule has 5 rings (SSSR count). The Balaban J connectivity index is 0.00000442. The van der Waals surface area contributed by atoms with Crippen LogP contribution in [-0.4, -0.2) is 47.1 Å². The first kappa shape index (κ1) is 32.2. The van der Waals surface area contributed by atoms with E-state index >= 15 is 0 Å². The molecule has 3 N–H and O–H groups in total. The lowest BCUT2D eigenvalue weighted by molar-refractivity contribution is -0.384. The monoisotopic (exact) mass is 618 g/mol. The molecular weight excluding hydrogens is 584 g/mol. The normalized spacial score (nSPS) is 17.1. The maximum atomic E-state index is 13.8. The average molecular weight is 619 g/mol. The van der Waals surface area contributed by atoms with E-state index < -0.39 is 35.0 Å². The zero-order valence-corrected chi connectivity index (χ0v) is 25.5. The standard InChI is InChI=1S/C33H34N4O6.ClH/c1-20(2)42-32(38)27-21(3)35-31(34)29(28(27)24-15-10-16-25(17-24)37(40)41)33(39)43-26-18-36(19-26)30(22-11-6-4-7-12-22)23-13-8-5-9-14-23;/h4-17,20,26,28,30,35H,18-19,34H2,1-3H3;1H. The first-order valence-corrected chi connectivity index (χ1v) is 14.1. The van der Waals surface area contributed by atoms with Crippen molar-refractivity contribution in [2.45, 2.75) is 44.9 Å². The molecule has 0 amide bonds. The Hall–Kier alpha value is -4.67. The van der Waals surface area contributed by atoms with Gasteiger partial charge >= 0.3 is 11.9 Å². The Morgan fingerprint density at radius 2 is 1.52 bits per heavy atom. The lowest BCUT2D eigenvalue weighted by Gasteiger charge is -2.44. The van der Waals surface area contributed by atoms with Crippen molar-refractivity contribution in [3.05, 3.63) is 134 Å². The summed E-state index contributed by atoms with van der Waals surface area (Å²) in [6, 6.07) is 26.0. The lowest BCUT2D eigenvalue weighted by atomic mass is 9.81. The molecule has 0 aliphatic carbocycles. The number of esters is 2. The zero-order chi connectivity index (χ0) is 30.7. The Labute approximate surface area is 262 Å². The van der Waals surface area contributed by atoms with Crippen LogP contribution in [0.25, 0.3) is 0 Å². The van der Waals surface area contributed by atoms with Crippen LogP contribution in [0.2, 0.25) is 0 Å². The number of carbonyl (C=O) groups is 2. The quantitative estimate of drug-likeness (QED) is 0.190. The predicted octanol–water partition coefficient (Wildman–Crippen LogP) is 5.12. The number of halogens is 1. The molecule has 44 heavy (non-hydrogen) atoms. The molecule has 0 spiro atoms. The second-order valence-corrected chi connectivity index (χ2v) is 10.9. The first-order valence-electron chi connectivity index (χ1n) is 14.1. The molecule has 0 saturated carbocycles. The maximum Gasteiger partial charge on any atom is 0.339 e. The Bertz CT molecular complexity index is 1550. The van der Waals surface area contributed by atoms with Gasteiger partial charge in [0.2, 0.25) is 0 Å². The third-order valence-corrected chi connectivity index (χ3v) is 7.54. The second-order valence-electron chi connectivity index (χ2n) is 10.9. The van der Waals surface area contributed by atoms with E-state index in [1.54, 1.807) is 26.8 Å². The van der Waals surface area contributed by atoms with Crippen molar-refractivity contribution < 1.29 is 24.0 Å². The van der Waals surface area contributed by atoms with Crippen molar-refractivity contribution in [2.24, 2.45) is 5.73 Å². The molecule has 2 aliphatic rings. The van der Waals surface area contributed by atoms with Crippen molar-refractivity contribution in [2.75, 3.05) is 13.1 Å². The molecular formula is C33H35ClN4O6. The molecule has 0 bridgehead atoms. The number of hydrogen-bond acceptors (Lipinski definition) is 9. The zero-order valence-electron chi connectivity index (χ0n) is 24.6. The van der Waals surface area contributed by atoms with Gasteiger partial charge in [-0.25, -0.2) is 9.59 Å². The highest BCUT2D eigenvalue weighted by Gasteiger charge is 2.42. The number of nitrogens with zero attached hydrogens (tertiary/aromatic N) is 2. The molecule has 3 aromatic rings. The SMILES string of the molecule is CC1=C(C(=O)OC(C)C)C(c2cccc([N+](=O)[O-])c2)C(C(=O)OC2CN(C(c3ccccc3)c3ccccc3)C2)=C(N)N1.Cl. The number of nitrogens with one attached hydrogen (secondary N) is 1. The van der Waals surface area contributed by atoms with Crippen LogP contribution in [-0.2, 0) is 19.1 Å². The highest BCUT2D eigenvalue weighted by atomic mass is 35.5. The number of non-ortho nitro benzene ring substituents is 1. The van der Waals surface area contributed by atoms with Crippen LogP contribution in [0.15, 0.2) is 108 Å². The third-order valence-electron chi connectivity index (χ3n) is 7.54. The van der Waals surface area contributed by atoms with E-state index in [0.717, 1.165) is 11.1 Å². The van der Waals surface area contributed by atoms with E-state index in [0.29, 0.717) is 24.4 Å². The molecule has 0 aromatic heterocycles. The second kappa shape index (κ2) is 13.7. The molecule has 3 aromatic carbocycles. The van der Waals surface area contributed by atoms with Crippen molar-refractivity contribution in [1.82, 2.24) is 10.2 Å². The Kier molecular flexibility index (Phi) is 10.1. The predicted molar refractivity (Wildman–Crippen MR) is 168 cm³/mol. The Morgan fingerprint density at radius 3 is 2.07 bits per heavy atom. The fourth-order valence-electron chi connectivity index (χ4n) is 5.64. The molecule has 1 fully saturated rings. The number of hydrogen-bond donors (Lipinski definition) is 2. The van der Waals surface area contributed by atoms with Gasteiger partial charge in [-0.2, -0.15) is 0 Å². The smallest absolute Gasteiger partial charge is 0.339 e. The average Bonchev–Trinajstić information content (AvgIpc) is 2.96. The highest BCUT2D eigenvalue weighted by molar-refractivity contribution is 6.00. The number of dihydropyridines is 1. The topological polar surface area (TPSA) is 137 Å². The number of benzene rings is 3. The maximum absolute atomic E-state index is 13.8. The summed E-state index contributed by atoms with van der Waals surface area (Å²) >= 11 is 0. The molecule has 2 aliphatic heterocycles. The number of allylic oxidation sites excluding steroid dienone is 1. The Morgan fingerprint density at radius 1 is 0.932 bits per heavy atom. The minimum atomic E-state index is -1.03. The van der Waals surface area contributed by atoms with Gasteiger partial charge in [-0.3, -0.25) is 15.0 Å². The van der Waals surface area contributed by atoms with E-state index in [1.807, 2.05) is 36.4 Å². The summed E-state index contributed by atoms with van der Waals surface area (Å²) in [7, 11) is 0. The van der Waals surface area contributed by atoms with Gasteiger partial charge in [0.05, 0.1) is 34.1 Å². The van der Waals surface area contributed by atoms with E-state index in [4.69, 9.17) is 15.2 Å².